The lowest BCUT2D eigenvalue weighted by Gasteiger charge is -2.33. The second-order valence-corrected chi connectivity index (χ2v) is 6.75. The summed E-state index contributed by atoms with van der Waals surface area (Å²) >= 11 is 0. The molecule has 0 saturated carbocycles. The number of amides is 1. The van der Waals surface area contributed by atoms with E-state index in [1.807, 2.05) is 18.2 Å². The molecule has 0 spiro atoms. The number of rotatable bonds is 2. The molecule has 7 heteroatoms. The number of nitrogens with one attached hydrogen (secondary N) is 1. The lowest BCUT2D eigenvalue weighted by molar-refractivity contribution is -0.138. The van der Waals surface area contributed by atoms with Gasteiger partial charge in [0.1, 0.15) is 12.4 Å². The van der Waals surface area contributed by atoms with Gasteiger partial charge in [-0.2, -0.15) is 0 Å². The van der Waals surface area contributed by atoms with Crippen LogP contribution in [0.1, 0.15) is 22.6 Å². The lowest BCUT2D eigenvalue weighted by atomic mass is 9.94. The standard InChI is InChI=1S/C19H21N3O4/c1-11-20-15-9-22(7-6-14(15)18(23)21-11)19(24)13-8-12-4-3-5-16(25-2)17(12)26-10-13/h3-5,13H,6-10H2,1-2H3,(H,20,21,23)/t13-/m1/s1. The van der Waals surface area contributed by atoms with E-state index in [9.17, 15) is 9.59 Å². The molecule has 2 aliphatic heterocycles. The Bertz CT molecular complexity index is 921. The van der Waals surface area contributed by atoms with Crippen LogP contribution in [0.15, 0.2) is 23.0 Å². The molecule has 1 aromatic heterocycles. The average molecular weight is 355 g/mol. The Morgan fingerprint density at radius 1 is 1.42 bits per heavy atom. The van der Waals surface area contributed by atoms with Crippen LogP contribution in [0.4, 0.5) is 0 Å². The molecule has 0 unspecified atom stereocenters. The fourth-order valence-electron chi connectivity index (χ4n) is 3.72. The number of benzene rings is 1. The second-order valence-electron chi connectivity index (χ2n) is 6.75. The summed E-state index contributed by atoms with van der Waals surface area (Å²) in [5.74, 6) is 1.80. The summed E-state index contributed by atoms with van der Waals surface area (Å²) in [5.41, 5.74) is 2.28. The van der Waals surface area contributed by atoms with E-state index in [1.54, 1.807) is 18.9 Å². The third kappa shape index (κ3) is 2.83. The van der Waals surface area contributed by atoms with Gasteiger partial charge in [0.25, 0.3) is 5.56 Å². The van der Waals surface area contributed by atoms with Crippen molar-refractivity contribution in [3.63, 3.8) is 0 Å². The number of carbonyl (C=O) groups excluding carboxylic acids is 1. The van der Waals surface area contributed by atoms with Crippen molar-refractivity contribution in [2.45, 2.75) is 26.3 Å². The third-order valence-corrected chi connectivity index (χ3v) is 5.03. The van der Waals surface area contributed by atoms with Gasteiger partial charge in [-0.15, -0.1) is 0 Å². The highest BCUT2D eigenvalue weighted by Crippen LogP contribution is 2.36. The molecule has 0 aliphatic carbocycles. The first-order chi connectivity index (χ1) is 12.6. The smallest absolute Gasteiger partial charge is 0.254 e. The van der Waals surface area contributed by atoms with E-state index in [0.29, 0.717) is 55.4 Å². The molecular formula is C19H21N3O4. The number of carbonyl (C=O) groups is 1. The molecule has 0 bridgehead atoms. The van der Waals surface area contributed by atoms with Gasteiger partial charge in [-0.05, 0) is 31.4 Å². The quantitative estimate of drug-likeness (QED) is 0.876. The summed E-state index contributed by atoms with van der Waals surface area (Å²) in [7, 11) is 1.61. The molecule has 0 radical (unpaired) electrons. The number of aromatic nitrogens is 2. The monoisotopic (exact) mass is 355 g/mol. The van der Waals surface area contributed by atoms with Crippen molar-refractivity contribution in [3.05, 3.63) is 51.2 Å². The van der Waals surface area contributed by atoms with Crippen molar-refractivity contribution < 1.29 is 14.3 Å². The molecule has 2 aliphatic rings. The second kappa shape index (κ2) is 6.48. The number of para-hydroxylation sites is 1. The van der Waals surface area contributed by atoms with Gasteiger partial charge in [0.2, 0.25) is 5.91 Å². The van der Waals surface area contributed by atoms with Crippen LogP contribution in [0.25, 0.3) is 0 Å². The maximum absolute atomic E-state index is 13.0. The molecule has 1 N–H and O–H groups in total. The van der Waals surface area contributed by atoms with E-state index < -0.39 is 0 Å². The molecule has 7 nitrogen and oxygen atoms in total. The van der Waals surface area contributed by atoms with Gasteiger partial charge in [0, 0.05) is 12.1 Å². The van der Waals surface area contributed by atoms with Crippen LogP contribution in [-0.4, -0.2) is 41.0 Å². The van der Waals surface area contributed by atoms with E-state index in [4.69, 9.17) is 9.47 Å². The molecule has 1 atom stereocenters. The zero-order chi connectivity index (χ0) is 18.3. The topological polar surface area (TPSA) is 84.5 Å². The molecule has 1 aromatic carbocycles. The van der Waals surface area contributed by atoms with Crippen molar-refractivity contribution >= 4 is 5.91 Å². The number of ether oxygens (including phenoxy) is 2. The van der Waals surface area contributed by atoms with Crippen molar-refractivity contribution in [2.75, 3.05) is 20.3 Å². The summed E-state index contributed by atoms with van der Waals surface area (Å²) in [5, 5.41) is 0. The Hall–Kier alpha value is -2.83. The third-order valence-electron chi connectivity index (χ3n) is 5.03. The molecule has 0 fully saturated rings. The predicted octanol–water partition coefficient (Wildman–Crippen LogP) is 1.22. The highest BCUT2D eigenvalue weighted by atomic mass is 16.5. The molecule has 1 amide bonds. The zero-order valence-electron chi connectivity index (χ0n) is 14.9. The summed E-state index contributed by atoms with van der Waals surface area (Å²) in [6.07, 6.45) is 1.15. The number of H-pyrrole nitrogens is 1. The molecule has 2 aromatic rings. The molecule has 0 saturated heterocycles. The van der Waals surface area contributed by atoms with Crippen LogP contribution in [-0.2, 0) is 24.2 Å². The van der Waals surface area contributed by atoms with Crippen LogP contribution >= 0.6 is 0 Å². The van der Waals surface area contributed by atoms with Crippen LogP contribution in [0.3, 0.4) is 0 Å². The Morgan fingerprint density at radius 3 is 3.08 bits per heavy atom. The molecule has 26 heavy (non-hydrogen) atoms. The Balaban J connectivity index is 1.53. The van der Waals surface area contributed by atoms with Gasteiger partial charge in [0.05, 0.1) is 25.3 Å². The van der Waals surface area contributed by atoms with Gasteiger partial charge in [0.15, 0.2) is 11.5 Å². The Labute approximate surface area is 151 Å². The summed E-state index contributed by atoms with van der Waals surface area (Å²) in [6.45, 7) is 2.99. The first-order valence-corrected chi connectivity index (χ1v) is 8.73. The molecular weight excluding hydrogens is 334 g/mol. The molecule has 4 rings (SSSR count). The normalized spacial score (nSPS) is 18.5. The van der Waals surface area contributed by atoms with Crippen LogP contribution in [0.2, 0.25) is 0 Å². The predicted molar refractivity (Wildman–Crippen MR) is 94.4 cm³/mol. The fourth-order valence-corrected chi connectivity index (χ4v) is 3.72. The number of hydrogen-bond acceptors (Lipinski definition) is 5. The van der Waals surface area contributed by atoms with Gasteiger partial charge in [-0.3, -0.25) is 9.59 Å². The first kappa shape index (κ1) is 16.6. The van der Waals surface area contributed by atoms with E-state index in [0.717, 1.165) is 11.3 Å². The number of nitrogens with zero attached hydrogens (tertiary/aromatic N) is 2. The van der Waals surface area contributed by atoms with Crippen molar-refractivity contribution in [1.29, 1.82) is 0 Å². The lowest BCUT2D eigenvalue weighted by Crippen LogP contribution is -2.44. The Kier molecular flexibility index (Phi) is 4.14. The van der Waals surface area contributed by atoms with Crippen LogP contribution < -0.4 is 15.0 Å². The van der Waals surface area contributed by atoms with Crippen molar-refractivity contribution in [3.8, 4) is 11.5 Å². The van der Waals surface area contributed by atoms with Gasteiger partial charge >= 0.3 is 0 Å². The van der Waals surface area contributed by atoms with Gasteiger partial charge in [-0.25, -0.2) is 4.98 Å². The van der Waals surface area contributed by atoms with E-state index >= 15 is 0 Å². The summed E-state index contributed by atoms with van der Waals surface area (Å²) in [4.78, 5) is 34.0. The number of aromatic amines is 1. The van der Waals surface area contributed by atoms with E-state index in [1.165, 1.54) is 0 Å². The highest BCUT2D eigenvalue weighted by Gasteiger charge is 2.33. The maximum Gasteiger partial charge on any atom is 0.254 e. The van der Waals surface area contributed by atoms with Crippen molar-refractivity contribution in [2.24, 2.45) is 5.92 Å². The SMILES string of the molecule is COc1cccc2c1OC[C@H](C(=O)N1CCc3c(nc(C)[nH]c3=O)C1)C2. The minimum absolute atomic E-state index is 0.0452. The summed E-state index contributed by atoms with van der Waals surface area (Å²) < 4.78 is 11.2. The molecule has 3 heterocycles. The van der Waals surface area contributed by atoms with Gasteiger partial charge in [-0.1, -0.05) is 12.1 Å². The van der Waals surface area contributed by atoms with Crippen LogP contribution in [0.5, 0.6) is 11.5 Å². The average Bonchev–Trinajstić information content (AvgIpc) is 2.65. The minimum atomic E-state index is -0.237. The minimum Gasteiger partial charge on any atom is -0.493 e. The summed E-state index contributed by atoms with van der Waals surface area (Å²) in [6, 6.07) is 5.73. The first-order valence-electron chi connectivity index (χ1n) is 8.73. The van der Waals surface area contributed by atoms with E-state index in [-0.39, 0.29) is 17.4 Å². The van der Waals surface area contributed by atoms with E-state index in [2.05, 4.69) is 9.97 Å². The highest BCUT2D eigenvalue weighted by molar-refractivity contribution is 5.80. The number of methoxy groups -OCH3 is 1. The molecule has 136 valence electrons. The zero-order valence-corrected chi connectivity index (χ0v) is 14.9. The number of hydrogen-bond donors (Lipinski definition) is 1. The van der Waals surface area contributed by atoms with Crippen LogP contribution in [0, 0.1) is 12.8 Å². The van der Waals surface area contributed by atoms with Gasteiger partial charge < -0.3 is 19.4 Å². The van der Waals surface area contributed by atoms with Crippen molar-refractivity contribution in [1.82, 2.24) is 14.9 Å². The number of fused-ring (bicyclic) bond motifs is 2. The fraction of sp³-hybridized carbons (Fsp3) is 0.421. The maximum atomic E-state index is 13.0. The largest absolute Gasteiger partial charge is 0.493 e. The Morgan fingerprint density at radius 2 is 2.27 bits per heavy atom. The number of aryl methyl sites for hydroxylation is 1.